The number of benzene rings is 2. The van der Waals surface area contributed by atoms with E-state index in [0.29, 0.717) is 16.7 Å². The lowest BCUT2D eigenvalue weighted by atomic mass is 9.98. The normalized spacial score (nSPS) is 15.3. The zero-order valence-electron chi connectivity index (χ0n) is 15.9. The van der Waals surface area contributed by atoms with Gasteiger partial charge in [0.1, 0.15) is 0 Å². The molecule has 0 radical (unpaired) electrons. The molecule has 2 aromatic carbocycles. The second-order valence-corrected chi connectivity index (χ2v) is 7.46. The topological polar surface area (TPSA) is 89.8 Å². The number of methoxy groups -OCH3 is 1. The molecule has 1 aromatic heterocycles. The number of carboxylic acid groups (broad SMARTS) is 1. The highest BCUT2D eigenvalue weighted by molar-refractivity contribution is 5.94. The van der Waals surface area contributed by atoms with Crippen LogP contribution < -0.4 is 20.2 Å². The summed E-state index contributed by atoms with van der Waals surface area (Å²) in [4.78, 5) is 23.9. The molecule has 0 spiro atoms. The summed E-state index contributed by atoms with van der Waals surface area (Å²) < 4.78 is 12.5. The lowest BCUT2D eigenvalue weighted by Gasteiger charge is -2.18. The number of nitrogens with zero attached hydrogens (tertiary/aromatic N) is 1. The van der Waals surface area contributed by atoms with Crippen LogP contribution in [0.15, 0.2) is 41.3 Å². The Balaban J connectivity index is 1.77. The Morgan fingerprint density at radius 2 is 1.97 bits per heavy atom. The highest BCUT2D eigenvalue weighted by Crippen LogP contribution is 2.43. The highest BCUT2D eigenvalue weighted by Gasteiger charge is 2.29. The Kier molecular flexibility index (Phi) is 4.06. The molecule has 1 aliphatic heterocycles. The SMILES string of the molecule is COc1c(-c2ccc3c(c2)CNC3)ccc2c(=O)c(OC(=O)O)cn(C3CC3)c12. The maximum Gasteiger partial charge on any atom is 0.511 e. The van der Waals surface area contributed by atoms with E-state index in [-0.39, 0.29) is 11.8 Å². The second kappa shape index (κ2) is 6.63. The number of hydrogen-bond donors (Lipinski definition) is 2. The molecule has 2 N–H and O–H groups in total. The van der Waals surface area contributed by atoms with Gasteiger partial charge in [0, 0.05) is 24.7 Å². The Labute approximate surface area is 166 Å². The fourth-order valence-corrected chi connectivity index (χ4v) is 4.10. The van der Waals surface area contributed by atoms with Gasteiger partial charge in [0.05, 0.1) is 24.2 Å². The average Bonchev–Trinajstić information content (AvgIpc) is 3.45. The standard InChI is InChI=1S/C22H20N2O5/c1-28-21-16(12-2-3-13-9-23-10-14(13)8-12)6-7-17-19(21)24(15-4-5-15)11-18(20(17)25)29-22(26)27/h2-3,6-8,11,15,23H,4-5,9-10H2,1H3,(H,26,27). The van der Waals surface area contributed by atoms with Gasteiger partial charge in [-0.25, -0.2) is 4.79 Å². The van der Waals surface area contributed by atoms with Gasteiger partial charge in [-0.3, -0.25) is 4.79 Å². The molecule has 1 saturated carbocycles. The second-order valence-electron chi connectivity index (χ2n) is 7.46. The van der Waals surface area contributed by atoms with Gasteiger partial charge in [0.15, 0.2) is 11.5 Å². The van der Waals surface area contributed by atoms with Crippen molar-refractivity contribution in [3.05, 3.63) is 57.9 Å². The molecular weight excluding hydrogens is 372 g/mol. The van der Waals surface area contributed by atoms with Gasteiger partial charge in [-0.15, -0.1) is 0 Å². The van der Waals surface area contributed by atoms with Crippen molar-refractivity contribution in [3.63, 3.8) is 0 Å². The van der Waals surface area contributed by atoms with E-state index in [1.807, 2.05) is 10.6 Å². The quantitative estimate of drug-likeness (QED) is 0.659. The van der Waals surface area contributed by atoms with Crippen molar-refractivity contribution < 1.29 is 19.4 Å². The van der Waals surface area contributed by atoms with Crippen LogP contribution in [-0.4, -0.2) is 22.9 Å². The van der Waals surface area contributed by atoms with Crippen LogP contribution in [0.1, 0.15) is 30.0 Å². The fraction of sp³-hybridized carbons (Fsp3) is 0.273. The first-order valence-corrected chi connectivity index (χ1v) is 9.56. The zero-order valence-corrected chi connectivity index (χ0v) is 15.9. The van der Waals surface area contributed by atoms with Gasteiger partial charge in [0.2, 0.25) is 5.43 Å². The summed E-state index contributed by atoms with van der Waals surface area (Å²) in [6.07, 6.45) is 1.92. The Morgan fingerprint density at radius 3 is 2.69 bits per heavy atom. The van der Waals surface area contributed by atoms with Gasteiger partial charge >= 0.3 is 6.16 Å². The predicted molar refractivity (Wildman–Crippen MR) is 108 cm³/mol. The number of nitrogens with one attached hydrogen (secondary N) is 1. The number of ether oxygens (including phenoxy) is 2. The fourth-order valence-electron chi connectivity index (χ4n) is 4.10. The molecule has 29 heavy (non-hydrogen) atoms. The van der Waals surface area contributed by atoms with Crippen LogP contribution in [0.5, 0.6) is 11.5 Å². The number of fused-ring (bicyclic) bond motifs is 2. The first-order valence-electron chi connectivity index (χ1n) is 9.56. The maximum atomic E-state index is 12.9. The summed E-state index contributed by atoms with van der Waals surface area (Å²) in [6, 6.07) is 10.1. The van der Waals surface area contributed by atoms with E-state index in [9.17, 15) is 9.59 Å². The van der Waals surface area contributed by atoms with Crippen LogP contribution in [0, 0.1) is 0 Å². The summed E-state index contributed by atoms with van der Waals surface area (Å²) in [5, 5.41) is 12.7. The van der Waals surface area contributed by atoms with Gasteiger partial charge in [-0.1, -0.05) is 12.1 Å². The Bertz CT molecular complexity index is 1210. The van der Waals surface area contributed by atoms with Crippen LogP contribution >= 0.6 is 0 Å². The van der Waals surface area contributed by atoms with Gasteiger partial charge in [0.25, 0.3) is 0 Å². The first kappa shape index (κ1) is 17.8. The number of carbonyl (C=O) groups is 1. The average molecular weight is 392 g/mol. The van der Waals surface area contributed by atoms with E-state index >= 15 is 0 Å². The van der Waals surface area contributed by atoms with Crippen LogP contribution in [0.3, 0.4) is 0 Å². The summed E-state index contributed by atoms with van der Waals surface area (Å²) in [5.74, 6) is 0.426. The maximum absolute atomic E-state index is 12.9. The number of hydrogen-bond acceptors (Lipinski definition) is 5. The summed E-state index contributed by atoms with van der Waals surface area (Å²) in [5.41, 5.74) is 4.69. The number of pyridine rings is 1. The molecule has 7 nitrogen and oxygen atoms in total. The van der Waals surface area contributed by atoms with Gasteiger partial charge in [-0.05, 0) is 47.7 Å². The molecule has 5 rings (SSSR count). The van der Waals surface area contributed by atoms with E-state index in [1.165, 1.54) is 17.3 Å². The molecule has 0 saturated heterocycles. The minimum absolute atomic E-state index is 0.185. The lowest BCUT2D eigenvalue weighted by Crippen LogP contribution is -2.16. The van der Waals surface area contributed by atoms with Crippen LogP contribution in [0.2, 0.25) is 0 Å². The molecule has 2 aliphatic rings. The van der Waals surface area contributed by atoms with Crippen molar-refractivity contribution in [1.82, 2.24) is 9.88 Å². The third-order valence-electron chi connectivity index (χ3n) is 5.60. The van der Waals surface area contributed by atoms with Crippen LogP contribution in [0.25, 0.3) is 22.0 Å². The number of aromatic nitrogens is 1. The largest absolute Gasteiger partial charge is 0.511 e. The van der Waals surface area contributed by atoms with E-state index in [1.54, 1.807) is 13.2 Å². The van der Waals surface area contributed by atoms with Gasteiger partial charge in [-0.2, -0.15) is 0 Å². The zero-order chi connectivity index (χ0) is 20.1. The molecule has 0 amide bonds. The van der Waals surface area contributed by atoms with E-state index in [4.69, 9.17) is 14.6 Å². The smallest absolute Gasteiger partial charge is 0.494 e. The van der Waals surface area contributed by atoms with Crippen molar-refractivity contribution in [2.24, 2.45) is 0 Å². The third kappa shape index (κ3) is 2.94. The molecule has 1 aliphatic carbocycles. The Hall–Kier alpha value is -3.32. The molecule has 3 aromatic rings. The summed E-state index contributed by atoms with van der Waals surface area (Å²) in [6.45, 7) is 1.71. The molecule has 2 heterocycles. The van der Waals surface area contributed by atoms with Crippen molar-refractivity contribution in [2.75, 3.05) is 7.11 Å². The predicted octanol–water partition coefficient (Wildman–Crippen LogP) is 3.67. The summed E-state index contributed by atoms with van der Waals surface area (Å²) in [7, 11) is 1.59. The molecule has 0 bridgehead atoms. The molecule has 1 fully saturated rings. The molecule has 0 unspecified atom stereocenters. The van der Waals surface area contributed by atoms with Crippen molar-refractivity contribution in [1.29, 1.82) is 0 Å². The van der Waals surface area contributed by atoms with E-state index < -0.39 is 11.6 Å². The van der Waals surface area contributed by atoms with Gasteiger partial charge < -0.3 is 24.5 Å². The summed E-state index contributed by atoms with van der Waals surface area (Å²) >= 11 is 0. The molecule has 0 atom stereocenters. The first-order chi connectivity index (χ1) is 14.1. The Morgan fingerprint density at radius 1 is 1.17 bits per heavy atom. The van der Waals surface area contributed by atoms with Crippen LogP contribution in [-0.2, 0) is 13.1 Å². The van der Waals surface area contributed by atoms with Crippen molar-refractivity contribution in [3.8, 4) is 22.6 Å². The number of rotatable bonds is 4. The monoisotopic (exact) mass is 392 g/mol. The van der Waals surface area contributed by atoms with Crippen molar-refractivity contribution in [2.45, 2.75) is 32.0 Å². The van der Waals surface area contributed by atoms with E-state index in [0.717, 1.165) is 37.1 Å². The molecular formula is C22H20N2O5. The lowest BCUT2D eigenvalue weighted by molar-refractivity contribution is 0.143. The van der Waals surface area contributed by atoms with Crippen LogP contribution in [0.4, 0.5) is 4.79 Å². The minimum atomic E-state index is -1.50. The van der Waals surface area contributed by atoms with Crippen molar-refractivity contribution >= 4 is 17.1 Å². The highest BCUT2D eigenvalue weighted by atomic mass is 16.7. The molecule has 7 heteroatoms. The van der Waals surface area contributed by atoms with E-state index in [2.05, 4.69) is 23.5 Å². The minimum Gasteiger partial charge on any atom is -0.494 e. The molecule has 148 valence electrons. The third-order valence-corrected chi connectivity index (χ3v) is 5.60.